The number of aromatic nitrogens is 2. The Morgan fingerprint density at radius 1 is 1.29 bits per heavy atom. The molecule has 0 fully saturated rings. The second-order valence-electron chi connectivity index (χ2n) is 3.75. The predicted molar refractivity (Wildman–Crippen MR) is 72.6 cm³/mol. The van der Waals surface area contributed by atoms with Crippen LogP contribution in [-0.4, -0.2) is 28.4 Å². The maximum Gasteiger partial charge on any atom is 0.297 e. The van der Waals surface area contributed by atoms with E-state index in [2.05, 4.69) is 9.97 Å². The van der Waals surface area contributed by atoms with Crippen LogP contribution in [0.3, 0.4) is 0 Å². The molecule has 2 N–H and O–H groups in total. The molecular weight excluding hydrogens is 324 g/mol. The number of hydrogen-bond acceptors (Lipinski definition) is 7. The summed E-state index contributed by atoms with van der Waals surface area (Å²) < 4.78 is 26.1. The molecule has 0 aliphatic heterocycles. The van der Waals surface area contributed by atoms with Crippen LogP contribution < -0.4 is 4.72 Å². The van der Waals surface area contributed by atoms with Crippen molar-refractivity contribution in [2.24, 2.45) is 0 Å². The highest BCUT2D eigenvalue weighted by Gasteiger charge is 2.22. The van der Waals surface area contributed by atoms with Crippen molar-refractivity contribution in [2.75, 3.05) is 4.72 Å². The number of sulfonamides is 1. The first-order chi connectivity index (χ1) is 9.79. The van der Waals surface area contributed by atoms with Gasteiger partial charge in [0.05, 0.1) is 23.4 Å². The van der Waals surface area contributed by atoms with Gasteiger partial charge in [-0.25, -0.2) is 18.4 Å². The average molecular weight is 331 g/mol. The summed E-state index contributed by atoms with van der Waals surface area (Å²) in [6, 6.07) is 3.02. The van der Waals surface area contributed by atoms with Crippen LogP contribution in [0.1, 0.15) is 0 Å². The minimum Gasteiger partial charge on any atom is -0.508 e. The summed E-state index contributed by atoms with van der Waals surface area (Å²) in [6.45, 7) is 0. The lowest BCUT2D eigenvalue weighted by molar-refractivity contribution is -0.384. The van der Waals surface area contributed by atoms with Gasteiger partial charge in [0.2, 0.25) is 5.28 Å². The maximum absolute atomic E-state index is 12.1. The topological polar surface area (TPSA) is 135 Å². The van der Waals surface area contributed by atoms with Gasteiger partial charge in [-0.2, -0.15) is 0 Å². The van der Waals surface area contributed by atoms with Crippen molar-refractivity contribution in [1.29, 1.82) is 0 Å². The van der Waals surface area contributed by atoms with E-state index < -0.39 is 20.6 Å². The molecule has 2 rings (SSSR count). The molecule has 110 valence electrons. The van der Waals surface area contributed by atoms with Gasteiger partial charge in [-0.05, 0) is 23.7 Å². The normalized spacial score (nSPS) is 11.1. The number of anilines is 1. The molecule has 0 saturated heterocycles. The monoisotopic (exact) mass is 330 g/mol. The van der Waals surface area contributed by atoms with E-state index in [0.717, 1.165) is 30.6 Å². The van der Waals surface area contributed by atoms with Crippen LogP contribution in [0.5, 0.6) is 5.75 Å². The molecule has 11 heteroatoms. The highest BCUT2D eigenvalue weighted by Crippen LogP contribution is 2.30. The first-order valence-electron chi connectivity index (χ1n) is 5.27. The number of benzene rings is 1. The van der Waals surface area contributed by atoms with Crippen molar-refractivity contribution in [1.82, 2.24) is 9.97 Å². The number of hydrogen-bond donors (Lipinski definition) is 2. The smallest absolute Gasteiger partial charge is 0.297 e. The van der Waals surface area contributed by atoms with E-state index >= 15 is 0 Å². The first kappa shape index (κ1) is 14.9. The zero-order valence-corrected chi connectivity index (χ0v) is 11.7. The Hall–Kier alpha value is -2.46. The number of nitrogens with zero attached hydrogens (tertiary/aromatic N) is 3. The molecule has 0 bridgehead atoms. The fraction of sp³-hybridized carbons (Fsp3) is 0. The number of rotatable bonds is 4. The lowest BCUT2D eigenvalue weighted by atomic mass is 10.2. The largest absolute Gasteiger partial charge is 0.508 e. The standard InChI is InChI=1S/C10H7ClN4O5S/c11-10-12-4-7(5-13-10)21(19,20)14-8-2-1-6(16)3-9(8)15(17)18/h1-5,14,16H. The van der Waals surface area contributed by atoms with Gasteiger partial charge in [0, 0.05) is 0 Å². The SMILES string of the molecule is O=[N+]([O-])c1cc(O)ccc1NS(=O)(=O)c1cnc(Cl)nc1. The predicted octanol–water partition coefficient (Wildman–Crippen LogP) is 1.54. The molecule has 1 aromatic carbocycles. The average Bonchev–Trinajstić information content (AvgIpc) is 2.41. The Kier molecular flexibility index (Phi) is 3.91. The summed E-state index contributed by atoms with van der Waals surface area (Å²) in [6.07, 6.45) is 1.92. The van der Waals surface area contributed by atoms with Gasteiger partial charge in [-0.15, -0.1) is 0 Å². The van der Waals surface area contributed by atoms with E-state index in [9.17, 15) is 23.6 Å². The first-order valence-corrected chi connectivity index (χ1v) is 7.13. The number of aromatic hydroxyl groups is 1. The van der Waals surface area contributed by atoms with Crippen molar-refractivity contribution in [3.8, 4) is 5.75 Å². The fourth-order valence-electron chi connectivity index (χ4n) is 1.40. The zero-order chi connectivity index (χ0) is 15.6. The second kappa shape index (κ2) is 5.50. The second-order valence-corrected chi connectivity index (χ2v) is 5.77. The van der Waals surface area contributed by atoms with E-state index in [1.165, 1.54) is 0 Å². The molecule has 0 unspecified atom stereocenters. The third-order valence-electron chi connectivity index (χ3n) is 2.33. The summed E-state index contributed by atoms with van der Waals surface area (Å²) in [7, 11) is -4.12. The number of phenolic OH excluding ortho intramolecular Hbond substituents is 1. The van der Waals surface area contributed by atoms with Gasteiger partial charge < -0.3 is 5.11 Å². The van der Waals surface area contributed by atoms with Gasteiger partial charge in [-0.1, -0.05) is 0 Å². The minimum atomic E-state index is -4.12. The van der Waals surface area contributed by atoms with Crippen LogP contribution in [0, 0.1) is 10.1 Å². The van der Waals surface area contributed by atoms with Crippen LogP contribution in [0.2, 0.25) is 5.28 Å². The van der Waals surface area contributed by atoms with Gasteiger partial charge in [0.1, 0.15) is 16.3 Å². The molecule has 9 nitrogen and oxygen atoms in total. The van der Waals surface area contributed by atoms with Crippen LogP contribution in [0.15, 0.2) is 35.5 Å². The van der Waals surface area contributed by atoms with E-state index in [1.807, 2.05) is 4.72 Å². The van der Waals surface area contributed by atoms with Crippen molar-refractivity contribution >= 4 is 33.0 Å². The number of nitrogens with one attached hydrogen (secondary N) is 1. The molecule has 0 spiro atoms. The zero-order valence-electron chi connectivity index (χ0n) is 10.1. The Balaban J connectivity index is 2.41. The Morgan fingerprint density at radius 3 is 2.48 bits per heavy atom. The number of nitro benzene ring substituents is 1. The van der Waals surface area contributed by atoms with Crippen molar-refractivity contribution in [2.45, 2.75) is 4.90 Å². The Bertz CT molecular complexity index is 794. The fourth-order valence-corrected chi connectivity index (χ4v) is 2.46. The summed E-state index contributed by atoms with van der Waals surface area (Å²) in [5.41, 5.74) is -0.888. The third kappa shape index (κ3) is 3.35. The van der Waals surface area contributed by atoms with Gasteiger partial charge in [0.15, 0.2) is 0 Å². The van der Waals surface area contributed by atoms with E-state index in [0.29, 0.717) is 0 Å². The van der Waals surface area contributed by atoms with Crippen molar-refractivity contribution < 1.29 is 18.4 Å². The van der Waals surface area contributed by atoms with Crippen LogP contribution in [0.25, 0.3) is 0 Å². The molecule has 0 saturated carbocycles. The number of phenols is 1. The lowest BCUT2D eigenvalue weighted by Crippen LogP contribution is -2.14. The Labute approximate surface area is 123 Å². The van der Waals surface area contributed by atoms with Crippen LogP contribution in [0.4, 0.5) is 11.4 Å². The van der Waals surface area contributed by atoms with Crippen LogP contribution >= 0.6 is 11.6 Å². The molecule has 0 radical (unpaired) electrons. The third-order valence-corrected chi connectivity index (χ3v) is 3.84. The summed E-state index contributed by atoms with van der Waals surface area (Å²) in [4.78, 5) is 16.8. The van der Waals surface area contributed by atoms with E-state index in [1.54, 1.807) is 0 Å². The molecule has 1 aromatic heterocycles. The van der Waals surface area contributed by atoms with Gasteiger partial charge in [-0.3, -0.25) is 14.8 Å². The summed E-state index contributed by atoms with van der Waals surface area (Å²) >= 11 is 5.45. The molecule has 0 atom stereocenters. The molecule has 0 aliphatic carbocycles. The molecule has 1 heterocycles. The molecule has 0 amide bonds. The van der Waals surface area contributed by atoms with Crippen molar-refractivity contribution in [3.05, 3.63) is 46.0 Å². The highest BCUT2D eigenvalue weighted by molar-refractivity contribution is 7.92. The molecular formula is C10H7ClN4O5S. The van der Waals surface area contributed by atoms with Gasteiger partial charge >= 0.3 is 0 Å². The summed E-state index contributed by atoms with van der Waals surface area (Å²) in [5.74, 6) is -0.362. The number of nitro groups is 1. The molecule has 0 aliphatic rings. The van der Waals surface area contributed by atoms with Crippen LogP contribution in [-0.2, 0) is 10.0 Å². The van der Waals surface area contributed by atoms with E-state index in [4.69, 9.17) is 11.6 Å². The molecule has 21 heavy (non-hydrogen) atoms. The quantitative estimate of drug-likeness (QED) is 0.375. The lowest BCUT2D eigenvalue weighted by Gasteiger charge is -2.08. The van der Waals surface area contributed by atoms with E-state index in [-0.39, 0.29) is 21.6 Å². The molecule has 2 aromatic rings. The van der Waals surface area contributed by atoms with Crippen molar-refractivity contribution in [3.63, 3.8) is 0 Å². The highest BCUT2D eigenvalue weighted by atomic mass is 35.5. The number of halogens is 1. The maximum atomic E-state index is 12.1. The minimum absolute atomic E-state index is 0.135. The Morgan fingerprint density at radius 2 is 1.90 bits per heavy atom. The van der Waals surface area contributed by atoms with Gasteiger partial charge in [0.25, 0.3) is 15.7 Å². The summed E-state index contributed by atoms with van der Waals surface area (Å²) in [5, 5.41) is 19.9.